The predicted molar refractivity (Wildman–Crippen MR) is 61.5 cm³/mol. The van der Waals surface area contributed by atoms with Crippen molar-refractivity contribution in [2.24, 2.45) is 0 Å². The molecule has 4 heteroatoms. The molecule has 1 fully saturated rings. The number of rotatable bonds is 2. The van der Waals surface area contributed by atoms with Crippen LogP contribution in [0, 0.1) is 10.1 Å². The second kappa shape index (κ2) is 3.33. The quantitative estimate of drug-likeness (QED) is 0.618. The number of benzene rings is 1. The number of aromatic amines is 1. The third kappa shape index (κ3) is 1.30. The average molecular weight is 216 g/mol. The van der Waals surface area contributed by atoms with Gasteiger partial charge < -0.3 is 4.98 Å². The van der Waals surface area contributed by atoms with Gasteiger partial charge in [0.25, 0.3) is 5.69 Å². The number of nitro groups is 1. The second-order valence-electron chi connectivity index (χ2n) is 4.36. The Morgan fingerprint density at radius 3 is 2.81 bits per heavy atom. The molecule has 1 aliphatic carbocycles. The predicted octanol–water partition coefficient (Wildman–Crippen LogP) is 3.34. The molecule has 0 saturated heterocycles. The van der Waals surface area contributed by atoms with Gasteiger partial charge in [-0.15, -0.1) is 0 Å². The van der Waals surface area contributed by atoms with Crippen LogP contribution in [0.3, 0.4) is 0 Å². The highest BCUT2D eigenvalue weighted by Gasteiger charge is 2.23. The van der Waals surface area contributed by atoms with Gasteiger partial charge in [0.2, 0.25) is 0 Å². The molecule has 1 aromatic heterocycles. The summed E-state index contributed by atoms with van der Waals surface area (Å²) >= 11 is 0. The number of nitro benzene ring substituents is 1. The maximum Gasteiger partial charge on any atom is 0.270 e. The topological polar surface area (TPSA) is 58.9 Å². The molecule has 0 aliphatic heterocycles. The molecule has 1 heterocycles. The zero-order valence-corrected chi connectivity index (χ0v) is 8.77. The fourth-order valence-corrected chi connectivity index (χ4v) is 2.30. The van der Waals surface area contributed by atoms with Gasteiger partial charge in [0.1, 0.15) is 0 Å². The molecule has 82 valence electrons. The van der Waals surface area contributed by atoms with Gasteiger partial charge in [-0.1, -0.05) is 6.42 Å². The molecule has 0 spiro atoms. The van der Waals surface area contributed by atoms with E-state index in [1.165, 1.54) is 24.8 Å². The van der Waals surface area contributed by atoms with Crippen molar-refractivity contribution in [2.45, 2.75) is 25.2 Å². The Bertz CT molecular complexity index is 555. The third-order valence-corrected chi connectivity index (χ3v) is 3.45. The van der Waals surface area contributed by atoms with Crippen LogP contribution in [0.4, 0.5) is 5.69 Å². The molecular weight excluding hydrogens is 204 g/mol. The van der Waals surface area contributed by atoms with Gasteiger partial charge in [0, 0.05) is 29.2 Å². The first-order chi connectivity index (χ1) is 7.75. The summed E-state index contributed by atoms with van der Waals surface area (Å²) in [7, 11) is 0. The Morgan fingerprint density at radius 1 is 1.38 bits per heavy atom. The monoisotopic (exact) mass is 216 g/mol. The summed E-state index contributed by atoms with van der Waals surface area (Å²) in [5.41, 5.74) is 2.41. The highest BCUT2D eigenvalue weighted by molar-refractivity contribution is 5.86. The van der Waals surface area contributed by atoms with Gasteiger partial charge in [0.05, 0.1) is 4.92 Å². The summed E-state index contributed by atoms with van der Waals surface area (Å²) in [5, 5.41) is 11.7. The highest BCUT2D eigenvalue weighted by Crippen LogP contribution is 2.40. The van der Waals surface area contributed by atoms with Crippen LogP contribution in [0.15, 0.2) is 24.4 Å². The van der Waals surface area contributed by atoms with Crippen LogP contribution in [0.5, 0.6) is 0 Å². The Morgan fingerprint density at radius 2 is 2.19 bits per heavy atom. The van der Waals surface area contributed by atoms with Gasteiger partial charge >= 0.3 is 0 Å². The van der Waals surface area contributed by atoms with Crippen molar-refractivity contribution in [1.82, 2.24) is 4.98 Å². The van der Waals surface area contributed by atoms with Crippen molar-refractivity contribution < 1.29 is 4.92 Å². The standard InChI is InChI=1S/C12H12N2O2/c15-14(16)9-4-5-12-10(6-9)11(7-13-12)8-2-1-3-8/h4-8,13H,1-3H2. The molecule has 0 bridgehead atoms. The van der Waals surface area contributed by atoms with Crippen LogP contribution < -0.4 is 0 Å². The highest BCUT2D eigenvalue weighted by atomic mass is 16.6. The maximum atomic E-state index is 10.7. The first kappa shape index (κ1) is 9.39. The first-order valence-electron chi connectivity index (χ1n) is 5.51. The first-order valence-corrected chi connectivity index (χ1v) is 5.51. The van der Waals surface area contributed by atoms with E-state index in [2.05, 4.69) is 4.98 Å². The van der Waals surface area contributed by atoms with Crippen molar-refractivity contribution in [3.8, 4) is 0 Å². The zero-order chi connectivity index (χ0) is 11.1. The number of nitrogens with zero attached hydrogens (tertiary/aromatic N) is 1. The fourth-order valence-electron chi connectivity index (χ4n) is 2.30. The van der Waals surface area contributed by atoms with Crippen LogP contribution in [0.25, 0.3) is 10.9 Å². The number of fused-ring (bicyclic) bond motifs is 1. The van der Waals surface area contributed by atoms with E-state index in [4.69, 9.17) is 0 Å². The molecular formula is C12H12N2O2. The lowest BCUT2D eigenvalue weighted by atomic mass is 9.80. The summed E-state index contributed by atoms with van der Waals surface area (Å²) in [4.78, 5) is 13.6. The summed E-state index contributed by atoms with van der Waals surface area (Å²) in [6.07, 6.45) is 5.68. The molecule has 3 rings (SSSR count). The fraction of sp³-hybridized carbons (Fsp3) is 0.333. The summed E-state index contributed by atoms with van der Waals surface area (Å²) in [5.74, 6) is 0.593. The maximum absolute atomic E-state index is 10.7. The number of H-pyrrole nitrogens is 1. The van der Waals surface area contributed by atoms with E-state index < -0.39 is 0 Å². The third-order valence-electron chi connectivity index (χ3n) is 3.45. The van der Waals surface area contributed by atoms with Crippen LogP contribution in [0.2, 0.25) is 0 Å². The van der Waals surface area contributed by atoms with Crippen LogP contribution in [0.1, 0.15) is 30.7 Å². The average Bonchev–Trinajstić information content (AvgIpc) is 2.59. The van der Waals surface area contributed by atoms with Crippen molar-refractivity contribution >= 4 is 16.6 Å². The van der Waals surface area contributed by atoms with Gasteiger partial charge in [0.15, 0.2) is 0 Å². The van der Waals surface area contributed by atoms with E-state index >= 15 is 0 Å². The number of nitrogens with one attached hydrogen (secondary N) is 1. The molecule has 1 aromatic carbocycles. The Hall–Kier alpha value is -1.84. The molecule has 0 amide bonds. The van der Waals surface area contributed by atoms with Crippen molar-refractivity contribution in [2.75, 3.05) is 0 Å². The SMILES string of the molecule is O=[N+]([O-])c1ccc2[nH]cc(C3CCC3)c2c1. The molecule has 1 N–H and O–H groups in total. The van der Waals surface area contributed by atoms with E-state index in [9.17, 15) is 10.1 Å². The number of aromatic nitrogens is 1. The van der Waals surface area contributed by atoms with E-state index in [1.54, 1.807) is 18.2 Å². The smallest absolute Gasteiger partial charge is 0.270 e. The number of non-ortho nitro benzene ring substituents is 1. The van der Waals surface area contributed by atoms with E-state index in [-0.39, 0.29) is 10.6 Å². The summed E-state index contributed by atoms with van der Waals surface area (Å²) < 4.78 is 0. The Kier molecular flexibility index (Phi) is 1.96. The zero-order valence-electron chi connectivity index (χ0n) is 8.77. The van der Waals surface area contributed by atoms with Crippen LogP contribution in [-0.2, 0) is 0 Å². The lowest BCUT2D eigenvalue weighted by Crippen LogP contribution is -2.07. The lowest BCUT2D eigenvalue weighted by molar-refractivity contribution is -0.384. The molecule has 4 nitrogen and oxygen atoms in total. The largest absolute Gasteiger partial charge is 0.361 e. The van der Waals surface area contributed by atoms with Gasteiger partial charge in [-0.05, 0) is 30.4 Å². The Balaban J connectivity index is 2.15. The number of hydrogen-bond donors (Lipinski definition) is 1. The van der Waals surface area contributed by atoms with Crippen molar-refractivity contribution in [3.63, 3.8) is 0 Å². The molecule has 0 unspecified atom stereocenters. The molecule has 1 saturated carbocycles. The van der Waals surface area contributed by atoms with Gasteiger partial charge in [-0.25, -0.2) is 0 Å². The number of hydrogen-bond acceptors (Lipinski definition) is 2. The molecule has 1 aliphatic rings. The van der Waals surface area contributed by atoms with E-state index in [0.29, 0.717) is 5.92 Å². The van der Waals surface area contributed by atoms with Crippen LogP contribution in [-0.4, -0.2) is 9.91 Å². The van der Waals surface area contributed by atoms with Gasteiger partial charge in [-0.3, -0.25) is 10.1 Å². The minimum absolute atomic E-state index is 0.174. The van der Waals surface area contributed by atoms with E-state index in [0.717, 1.165) is 10.9 Å². The molecule has 0 radical (unpaired) electrons. The Labute approximate surface area is 92.4 Å². The molecule has 0 atom stereocenters. The lowest BCUT2D eigenvalue weighted by Gasteiger charge is -2.24. The summed E-state index contributed by atoms with van der Waals surface area (Å²) in [6, 6.07) is 5.01. The van der Waals surface area contributed by atoms with Crippen molar-refractivity contribution in [3.05, 3.63) is 40.1 Å². The van der Waals surface area contributed by atoms with Crippen molar-refractivity contribution in [1.29, 1.82) is 0 Å². The molecule has 16 heavy (non-hydrogen) atoms. The second-order valence-corrected chi connectivity index (χ2v) is 4.36. The normalized spacial score (nSPS) is 16.2. The van der Waals surface area contributed by atoms with Crippen LogP contribution >= 0.6 is 0 Å². The van der Waals surface area contributed by atoms with Gasteiger partial charge in [-0.2, -0.15) is 0 Å². The summed E-state index contributed by atoms with van der Waals surface area (Å²) in [6.45, 7) is 0. The minimum atomic E-state index is -0.336. The minimum Gasteiger partial charge on any atom is -0.361 e. The van der Waals surface area contributed by atoms with E-state index in [1.807, 2.05) is 6.20 Å². The molecule has 2 aromatic rings.